The molecule has 3 rings (SSSR count). The summed E-state index contributed by atoms with van der Waals surface area (Å²) in [5, 5.41) is 0.948. The summed E-state index contributed by atoms with van der Waals surface area (Å²) >= 11 is 0. The Balaban J connectivity index is 1.93. The molecule has 0 saturated carbocycles. The van der Waals surface area contributed by atoms with Crippen LogP contribution in [0.1, 0.15) is 28.9 Å². The van der Waals surface area contributed by atoms with Crippen molar-refractivity contribution in [2.45, 2.75) is 25.8 Å². The summed E-state index contributed by atoms with van der Waals surface area (Å²) in [6.45, 7) is 3.32. The van der Waals surface area contributed by atoms with Gasteiger partial charge in [-0.15, -0.1) is 0 Å². The Labute approximate surface area is 130 Å². The smallest absolute Gasteiger partial charge is 0.255 e. The molecule has 2 aromatic rings. The van der Waals surface area contributed by atoms with Crippen molar-refractivity contribution in [2.75, 3.05) is 20.2 Å². The van der Waals surface area contributed by atoms with Crippen molar-refractivity contribution in [2.24, 2.45) is 5.73 Å². The quantitative estimate of drug-likeness (QED) is 0.922. The Morgan fingerprint density at radius 3 is 2.73 bits per heavy atom. The standard InChI is InChI=1S/C17H21N3O2/c1-11-15(17(21)20-7-5-13(18)6-8-20)9-12-3-4-14(22-2)10-16(12)19-11/h3-4,9-10,13H,5-8,18H2,1-2H3. The van der Waals surface area contributed by atoms with Gasteiger partial charge in [-0.25, -0.2) is 0 Å². The molecule has 0 bridgehead atoms. The lowest BCUT2D eigenvalue weighted by Gasteiger charge is -2.30. The van der Waals surface area contributed by atoms with Crippen molar-refractivity contribution >= 4 is 16.8 Å². The zero-order chi connectivity index (χ0) is 15.7. The van der Waals surface area contributed by atoms with Gasteiger partial charge in [0.05, 0.1) is 23.9 Å². The average molecular weight is 299 g/mol. The van der Waals surface area contributed by atoms with Gasteiger partial charge < -0.3 is 15.4 Å². The summed E-state index contributed by atoms with van der Waals surface area (Å²) in [4.78, 5) is 19.2. The lowest BCUT2D eigenvalue weighted by atomic mass is 10.0. The number of benzene rings is 1. The minimum absolute atomic E-state index is 0.0506. The highest BCUT2D eigenvalue weighted by Gasteiger charge is 2.23. The van der Waals surface area contributed by atoms with Crippen LogP contribution in [0.5, 0.6) is 5.75 Å². The van der Waals surface area contributed by atoms with Gasteiger partial charge in [0.25, 0.3) is 5.91 Å². The molecule has 0 radical (unpaired) electrons. The van der Waals surface area contributed by atoms with Crippen LogP contribution in [0.3, 0.4) is 0 Å². The van der Waals surface area contributed by atoms with Gasteiger partial charge in [-0.2, -0.15) is 0 Å². The minimum Gasteiger partial charge on any atom is -0.497 e. The first-order valence-corrected chi connectivity index (χ1v) is 7.58. The van der Waals surface area contributed by atoms with Crippen molar-refractivity contribution < 1.29 is 9.53 Å². The van der Waals surface area contributed by atoms with Crippen LogP contribution in [0.4, 0.5) is 0 Å². The van der Waals surface area contributed by atoms with Crippen LogP contribution in [0.25, 0.3) is 10.9 Å². The number of aryl methyl sites for hydroxylation is 1. The minimum atomic E-state index is 0.0506. The van der Waals surface area contributed by atoms with E-state index >= 15 is 0 Å². The van der Waals surface area contributed by atoms with Crippen LogP contribution in [0.2, 0.25) is 0 Å². The van der Waals surface area contributed by atoms with E-state index in [1.807, 2.05) is 36.1 Å². The number of hydrogen-bond acceptors (Lipinski definition) is 4. The van der Waals surface area contributed by atoms with Crippen LogP contribution >= 0.6 is 0 Å². The number of rotatable bonds is 2. The molecular formula is C17H21N3O2. The Bertz CT molecular complexity index is 706. The number of carbonyl (C=O) groups is 1. The summed E-state index contributed by atoms with van der Waals surface area (Å²) in [5.41, 5.74) is 8.17. The largest absolute Gasteiger partial charge is 0.497 e. The van der Waals surface area contributed by atoms with E-state index in [1.165, 1.54) is 0 Å². The highest BCUT2D eigenvalue weighted by molar-refractivity contribution is 5.98. The van der Waals surface area contributed by atoms with Crippen LogP contribution < -0.4 is 10.5 Å². The number of aromatic nitrogens is 1. The maximum Gasteiger partial charge on any atom is 0.255 e. The molecule has 1 fully saturated rings. The van der Waals surface area contributed by atoms with Gasteiger partial charge in [0.15, 0.2) is 0 Å². The number of nitrogens with two attached hydrogens (primary N) is 1. The number of amides is 1. The second-order valence-electron chi connectivity index (χ2n) is 5.81. The first-order chi connectivity index (χ1) is 10.6. The average Bonchev–Trinajstić information content (AvgIpc) is 2.53. The van der Waals surface area contributed by atoms with Gasteiger partial charge in [0.1, 0.15) is 5.75 Å². The Morgan fingerprint density at radius 1 is 1.32 bits per heavy atom. The second-order valence-corrected chi connectivity index (χ2v) is 5.81. The maximum atomic E-state index is 12.7. The molecule has 5 heteroatoms. The molecule has 1 amide bonds. The van der Waals surface area contributed by atoms with E-state index in [9.17, 15) is 4.79 Å². The molecule has 1 aromatic heterocycles. The predicted octanol–water partition coefficient (Wildman–Crippen LogP) is 2.12. The lowest BCUT2D eigenvalue weighted by molar-refractivity contribution is 0.0713. The molecule has 1 aliphatic heterocycles. The van der Waals surface area contributed by atoms with Crippen LogP contribution in [0, 0.1) is 6.92 Å². The molecule has 5 nitrogen and oxygen atoms in total. The van der Waals surface area contributed by atoms with E-state index in [0.29, 0.717) is 5.56 Å². The molecule has 1 aliphatic rings. The SMILES string of the molecule is COc1ccc2cc(C(=O)N3CCC(N)CC3)c(C)nc2c1. The number of nitrogens with zero attached hydrogens (tertiary/aromatic N) is 2. The van der Waals surface area contributed by atoms with Crippen LogP contribution in [0.15, 0.2) is 24.3 Å². The van der Waals surface area contributed by atoms with Gasteiger partial charge in [-0.1, -0.05) is 0 Å². The molecule has 22 heavy (non-hydrogen) atoms. The van der Waals surface area contributed by atoms with Gasteiger partial charge in [0, 0.05) is 30.6 Å². The fourth-order valence-corrected chi connectivity index (χ4v) is 2.86. The fourth-order valence-electron chi connectivity index (χ4n) is 2.86. The molecule has 1 aromatic carbocycles. The zero-order valence-corrected chi connectivity index (χ0v) is 13.0. The third-order valence-corrected chi connectivity index (χ3v) is 4.27. The van der Waals surface area contributed by atoms with Crippen molar-refractivity contribution in [1.82, 2.24) is 9.88 Å². The van der Waals surface area contributed by atoms with Crippen molar-refractivity contribution in [3.63, 3.8) is 0 Å². The molecule has 0 aliphatic carbocycles. The van der Waals surface area contributed by atoms with E-state index in [1.54, 1.807) is 7.11 Å². The van der Waals surface area contributed by atoms with Crippen LogP contribution in [-0.4, -0.2) is 42.0 Å². The second kappa shape index (κ2) is 5.93. The third kappa shape index (κ3) is 2.76. The predicted molar refractivity (Wildman–Crippen MR) is 86.1 cm³/mol. The van der Waals surface area contributed by atoms with Crippen molar-refractivity contribution in [3.05, 3.63) is 35.5 Å². The first kappa shape index (κ1) is 14.8. The number of carbonyl (C=O) groups excluding carboxylic acids is 1. The molecule has 0 spiro atoms. The third-order valence-electron chi connectivity index (χ3n) is 4.27. The van der Waals surface area contributed by atoms with Crippen molar-refractivity contribution in [1.29, 1.82) is 0 Å². The summed E-state index contributed by atoms with van der Waals surface area (Å²) in [6.07, 6.45) is 1.73. The summed E-state index contributed by atoms with van der Waals surface area (Å²) in [5.74, 6) is 0.818. The molecule has 0 unspecified atom stereocenters. The first-order valence-electron chi connectivity index (χ1n) is 7.58. The van der Waals surface area contributed by atoms with Gasteiger partial charge in [0.2, 0.25) is 0 Å². The monoisotopic (exact) mass is 299 g/mol. The van der Waals surface area contributed by atoms with Gasteiger partial charge in [-0.3, -0.25) is 9.78 Å². The van der Waals surface area contributed by atoms with Crippen LogP contribution in [-0.2, 0) is 0 Å². The number of methoxy groups -OCH3 is 1. The number of fused-ring (bicyclic) bond motifs is 1. The Morgan fingerprint density at radius 2 is 2.05 bits per heavy atom. The van der Waals surface area contributed by atoms with E-state index in [4.69, 9.17) is 10.5 Å². The molecular weight excluding hydrogens is 278 g/mol. The molecule has 0 atom stereocenters. The molecule has 116 valence electrons. The maximum absolute atomic E-state index is 12.7. The summed E-state index contributed by atoms with van der Waals surface area (Å²) in [6, 6.07) is 7.84. The molecule has 2 heterocycles. The lowest BCUT2D eigenvalue weighted by Crippen LogP contribution is -2.43. The highest BCUT2D eigenvalue weighted by Crippen LogP contribution is 2.23. The topological polar surface area (TPSA) is 68.5 Å². The van der Waals surface area contributed by atoms with E-state index in [0.717, 1.165) is 48.3 Å². The normalized spacial score (nSPS) is 16.0. The van der Waals surface area contributed by atoms with Gasteiger partial charge in [-0.05, 0) is 38.0 Å². The number of likely N-dealkylation sites (tertiary alicyclic amines) is 1. The van der Waals surface area contributed by atoms with E-state index < -0.39 is 0 Å². The number of pyridine rings is 1. The van der Waals surface area contributed by atoms with Gasteiger partial charge >= 0.3 is 0 Å². The molecule has 2 N–H and O–H groups in total. The number of piperidine rings is 1. The van der Waals surface area contributed by atoms with Crippen molar-refractivity contribution in [3.8, 4) is 5.75 Å². The summed E-state index contributed by atoms with van der Waals surface area (Å²) in [7, 11) is 1.63. The van der Waals surface area contributed by atoms with E-state index in [-0.39, 0.29) is 11.9 Å². The number of ether oxygens (including phenoxy) is 1. The zero-order valence-electron chi connectivity index (χ0n) is 13.0. The summed E-state index contributed by atoms with van der Waals surface area (Å²) < 4.78 is 5.22. The Hall–Kier alpha value is -2.14. The fraction of sp³-hybridized carbons (Fsp3) is 0.412. The number of hydrogen-bond donors (Lipinski definition) is 1. The Kier molecular flexibility index (Phi) is 3.98. The highest BCUT2D eigenvalue weighted by atomic mass is 16.5. The molecule has 1 saturated heterocycles. The van der Waals surface area contributed by atoms with E-state index in [2.05, 4.69) is 4.98 Å².